The first kappa shape index (κ1) is 19.1. The van der Waals surface area contributed by atoms with Crippen molar-refractivity contribution in [3.8, 4) is 0 Å². The number of primary amides is 1. The number of rotatable bonds is 5. The van der Waals surface area contributed by atoms with E-state index in [1.165, 1.54) is 6.07 Å². The number of benzene rings is 1. The van der Waals surface area contributed by atoms with Crippen molar-refractivity contribution in [2.24, 2.45) is 5.73 Å². The van der Waals surface area contributed by atoms with Gasteiger partial charge in [0.1, 0.15) is 12.4 Å². The van der Waals surface area contributed by atoms with E-state index in [1.807, 2.05) is 0 Å². The predicted octanol–water partition coefficient (Wildman–Crippen LogP) is 2.83. The standard InChI is InChI=1S/C18H17F4N3O2/c19-11-6-5-10(14(8-11)17(23)27)7-12(26)9-25-15-4-2-1-3-13(15)16(24-25)18(20,21)22/h5-6,8H,1-4,7,9H2,(H2,23,27). The van der Waals surface area contributed by atoms with Crippen molar-refractivity contribution in [3.05, 3.63) is 52.1 Å². The Morgan fingerprint density at radius 3 is 2.56 bits per heavy atom. The molecule has 3 rings (SSSR count). The number of nitrogens with two attached hydrogens (primary N) is 1. The molecule has 0 spiro atoms. The van der Waals surface area contributed by atoms with Crippen LogP contribution in [0, 0.1) is 5.82 Å². The molecule has 0 saturated heterocycles. The van der Waals surface area contributed by atoms with Crippen LogP contribution in [0.5, 0.6) is 0 Å². The summed E-state index contributed by atoms with van der Waals surface area (Å²) in [6, 6.07) is 3.29. The number of Topliss-reactive ketones (excluding diaryl/α,β-unsaturated/α-hetero) is 1. The van der Waals surface area contributed by atoms with E-state index in [1.54, 1.807) is 0 Å². The van der Waals surface area contributed by atoms with Crippen LogP contribution >= 0.6 is 0 Å². The number of carbonyl (C=O) groups excluding carboxylic acids is 2. The van der Waals surface area contributed by atoms with E-state index in [0.29, 0.717) is 18.5 Å². The zero-order chi connectivity index (χ0) is 19.8. The number of ketones is 1. The van der Waals surface area contributed by atoms with Gasteiger partial charge in [0.15, 0.2) is 11.5 Å². The third-order valence-corrected chi connectivity index (χ3v) is 4.58. The molecular formula is C18H17F4N3O2. The van der Waals surface area contributed by atoms with E-state index in [0.717, 1.165) is 23.2 Å². The lowest BCUT2D eigenvalue weighted by atomic mass is 9.95. The van der Waals surface area contributed by atoms with Crippen LogP contribution in [-0.2, 0) is 36.8 Å². The summed E-state index contributed by atoms with van der Waals surface area (Å²) in [5.74, 6) is -2.00. The van der Waals surface area contributed by atoms with Gasteiger partial charge < -0.3 is 5.73 Å². The molecule has 2 aromatic rings. The zero-order valence-electron chi connectivity index (χ0n) is 14.3. The van der Waals surface area contributed by atoms with Gasteiger partial charge in [0, 0.05) is 23.2 Å². The highest BCUT2D eigenvalue weighted by molar-refractivity contribution is 5.96. The Bertz CT molecular complexity index is 903. The maximum Gasteiger partial charge on any atom is 0.435 e. The fraction of sp³-hybridized carbons (Fsp3) is 0.389. The zero-order valence-corrected chi connectivity index (χ0v) is 14.3. The molecule has 1 amide bonds. The number of halogens is 4. The SMILES string of the molecule is NC(=O)c1cc(F)ccc1CC(=O)Cn1nc(C(F)(F)F)c2c1CCCC2. The Hall–Kier alpha value is -2.71. The summed E-state index contributed by atoms with van der Waals surface area (Å²) >= 11 is 0. The van der Waals surface area contributed by atoms with E-state index in [-0.39, 0.29) is 36.1 Å². The first-order valence-corrected chi connectivity index (χ1v) is 8.42. The Kier molecular flexibility index (Phi) is 5.03. The molecule has 0 saturated carbocycles. The monoisotopic (exact) mass is 383 g/mol. The quantitative estimate of drug-likeness (QED) is 0.807. The average molecular weight is 383 g/mol. The third kappa shape index (κ3) is 4.01. The largest absolute Gasteiger partial charge is 0.435 e. The van der Waals surface area contributed by atoms with E-state index < -0.39 is 29.4 Å². The van der Waals surface area contributed by atoms with Crippen LogP contribution in [-0.4, -0.2) is 21.5 Å². The number of nitrogens with zero attached hydrogens (tertiary/aromatic N) is 2. The van der Waals surface area contributed by atoms with Crippen LogP contribution in [0.3, 0.4) is 0 Å². The summed E-state index contributed by atoms with van der Waals surface area (Å²) in [6.07, 6.45) is -2.75. The molecule has 27 heavy (non-hydrogen) atoms. The van der Waals surface area contributed by atoms with Crippen molar-refractivity contribution < 1.29 is 27.2 Å². The number of aromatic nitrogens is 2. The molecule has 1 aromatic carbocycles. The van der Waals surface area contributed by atoms with Crippen molar-refractivity contribution in [2.45, 2.75) is 44.8 Å². The lowest BCUT2D eigenvalue weighted by Crippen LogP contribution is -2.20. The van der Waals surface area contributed by atoms with Crippen molar-refractivity contribution in [1.82, 2.24) is 9.78 Å². The molecule has 1 aliphatic carbocycles. The molecule has 0 fully saturated rings. The summed E-state index contributed by atoms with van der Waals surface area (Å²) < 4.78 is 54.0. The van der Waals surface area contributed by atoms with Gasteiger partial charge in [0.05, 0.1) is 0 Å². The third-order valence-electron chi connectivity index (χ3n) is 4.58. The van der Waals surface area contributed by atoms with Crippen LogP contribution < -0.4 is 5.73 Å². The molecule has 0 bridgehead atoms. The van der Waals surface area contributed by atoms with Crippen molar-refractivity contribution in [1.29, 1.82) is 0 Å². The van der Waals surface area contributed by atoms with Gasteiger partial charge in [-0.3, -0.25) is 14.3 Å². The molecule has 1 aliphatic rings. The molecule has 2 N–H and O–H groups in total. The number of fused-ring (bicyclic) bond motifs is 1. The second-order valence-corrected chi connectivity index (χ2v) is 6.52. The normalized spacial score (nSPS) is 14.1. The maximum absolute atomic E-state index is 13.3. The van der Waals surface area contributed by atoms with Gasteiger partial charge in [-0.2, -0.15) is 18.3 Å². The maximum atomic E-state index is 13.3. The van der Waals surface area contributed by atoms with Crippen LogP contribution in [0.25, 0.3) is 0 Å². The van der Waals surface area contributed by atoms with E-state index >= 15 is 0 Å². The van der Waals surface area contributed by atoms with E-state index in [9.17, 15) is 27.2 Å². The summed E-state index contributed by atoms with van der Waals surface area (Å²) in [7, 11) is 0. The van der Waals surface area contributed by atoms with Crippen LogP contribution in [0.15, 0.2) is 18.2 Å². The fourth-order valence-corrected chi connectivity index (χ4v) is 3.40. The Morgan fingerprint density at radius 2 is 1.89 bits per heavy atom. The molecule has 9 heteroatoms. The molecule has 0 unspecified atom stereocenters. The van der Waals surface area contributed by atoms with E-state index in [2.05, 4.69) is 5.10 Å². The highest BCUT2D eigenvalue weighted by atomic mass is 19.4. The lowest BCUT2D eigenvalue weighted by Gasteiger charge is -2.14. The van der Waals surface area contributed by atoms with Crippen molar-refractivity contribution in [2.75, 3.05) is 0 Å². The van der Waals surface area contributed by atoms with Crippen LogP contribution in [0.2, 0.25) is 0 Å². The van der Waals surface area contributed by atoms with Crippen LogP contribution in [0.1, 0.15) is 45.7 Å². The topological polar surface area (TPSA) is 78.0 Å². The molecule has 0 radical (unpaired) electrons. The minimum Gasteiger partial charge on any atom is -0.366 e. The average Bonchev–Trinajstić information content (AvgIpc) is 2.95. The number of hydrogen-bond acceptors (Lipinski definition) is 3. The summed E-state index contributed by atoms with van der Waals surface area (Å²) in [6.45, 7) is -0.353. The number of hydrogen-bond donors (Lipinski definition) is 1. The van der Waals surface area contributed by atoms with Gasteiger partial charge in [-0.15, -0.1) is 0 Å². The van der Waals surface area contributed by atoms with Gasteiger partial charge in [-0.05, 0) is 43.4 Å². The lowest BCUT2D eigenvalue weighted by molar-refractivity contribution is -0.142. The summed E-state index contributed by atoms with van der Waals surface area (Å²) in [4.78, 5) is 23.8. The first-order valence-electron chi connectivity index (χ1n) is 8.42. The Balaban J connectivity index is 1.85. The number of amides is 1. The summed E-state index contributed by atoms with van der Waals surface area (Å²) in [5, 5.41) is 3.64. The van der Waals surface area contributed by atoms with Gasteiger partial charge >= 0.3 is 6.18 Å². The Labute approximate surface area is 152 Å². The second kappa shape index (κ2) is 7.13. The van der Waals surface area contributed by atoms with Crippen molar-refractivity contribution >= 4 is 11.7 Å². The van der Waals surface area contributed by atoms with Crippen molar-refractivity contribution in [3.63, 3.8) is 0 Å². The first-order chi connectivity index (χ1) is 12.7. The van der Waals surface area contributed by atoms with E-state index in [4.69, 9.17) is 5.73 Å². The molecule has 1 heterocycles. The van der Waals surface area contributed by atoms with Gasteiger partial charge in [0.25, 0.3) is 0 Å². The Morgan fingerprint density at radius 1 is 1.19 bits per heavy atom. The fourth-order valence-electron chi connectivity index (χ4n) is 3.40. The number of alkyl halides is 3. The molecule has 0 aliphatic heterocycles. The number of carbonyl (C=O) groups is 2. The molecule has 5 nitrogen and oxygen atoms in total. The van der Waals surface area contributed by atoms with Gasteiger partial charge in [-0.1, -0.05) is 6.07 Å². The highest BCUT2D eigenvalue weighted by Gasteiger charge is 2.39. The predicted molar refractivity (Wildman–Crippen MR) is 87.5 cm³/mol. The highest BCUT2D eigenvalue weighted by Crippen LogP contribution is 2.35. The second-order valence-electron chi connectivity index (χ2n) is 6.52. The van der Waals surface area contributed by atoms with Gasteiger partial charge in [-0.25, -0.2) is 4.39 Å². The van der Waals surface area contributed by atoms with Crippen LogP contribution in [0.4, 0.5) is 17.6 Å². The summed E-state index contributed by atoms with van der Waals surface area (Å²) in [5.41, 5.74) is 4.94. The molecule has 144 valence electrons. The van der Waals surface area contributed by atoms with Gasteiger partial charge in [0.2, 0.25) is 5.91 Å². The smallest absolute Gasteiger partial charge is 0.366 e. The minimum atomic E-state index is -4.58. The molecule has 0 atom stereocenters. The minimum absolute atomic E-state index is 0.123. The molecule has 1 aromatic heterocycles. The molecular weight excluding hydrogens is 366 g/mol.